The second-order valence-corrected chi connectivity index (χ2v) is 8.43. The first-order valence-electron chi connectivity index (χ1n) is 9.97. The first-order chi connectivity index (χ1) is 14.6. The van der Waals surface area contributed by atoms with Crippen molar-refractivity contribution in [2.75, 3.05) is 38.0 Å². The van der Waals surface area contributed by atoms with Crippen molar-refractivity contribution in [3.05, 3.63) is 28.5 Å². The maximum absolute atomic E-state index is 12.5. The fraction of sp³-hybridized carbons (Fsp3) is 0.579. The van der Waals surface area contributed by atoms with Crippen LogP contribution in [0.1, 0.15) is 29.2 Å². The predicted octanol–water partition coefficient (Wildman–Crippen LogP) is 2.54. The zero-order chi connectivity index (χ0) is 22.6. The lowest BCUT2D eigenvalue weighted by molar-refractivity contribution is -0.138. The van der Waals surface area contributed by atoms with Crippen LogP contribution < -0.4 is 5.32 Å². The lowest BCUT2D eigenvalue weighted by atomic mass is 10.2. The molecule has 170 valence electrons. The lowest BCUT2D eigenvalue weighted by Gasteiger charge is -2.35. The normalized spacial score (nSPS) is 15.3. The van der Waals surface area contributed by atoms with E-state index < -0.39 is 17.1 Å². The van der Waals surface area contributed by atoms with Gasteiger partial charge in [0.25, 0.3) is 0 Å². The van der Waals surface area contributed by atoms with Crippen molar-refractivity contribution < 1.29 is 22.8 Å². The monoisotopic (exact) mass is 458 g/mol. The van der Waals surface area contributed by atoms with E-state index in [1.807, 2.05) is 0 Å². The van der Waals surface area contributed by atoms with Gasteiger partial charge >= 0.3 is 6.18 Å². The van der Waals surface area contributed by atoms with Gasteiger partial charge in [0.05, 0.1) is 0 Å². The Labute approximate surface area is 182 Å². The molecule has 8 nitrogen and oxygen atoms in total. The number of nitrogens with zero attached hydrogens (tertiary/aromatic N) is 5. The molecule has 3 heterocycles. The Balaban J connectivity index is 1.37. The van der Waals surface area contributed by atoms with Gasteiger partial charge in [-0.2, -0.15) is 13.2 Å². The molecule has 3 rings (SSSR count). The van der Waals surface area contributed by atoms with Crippen LogP contribution in [0.2, 0.25) is 0 Å². The van der Waals surface area contributed by atoms with Crippen LogP contribution in [0, 0.1) is 13.8 Å². The molecule has 0 atom stereocenters. The quantitative estimate of drug-likeness (QED) is 0.690. The highest BCUT2D eigenvalue weighted by Crippen LogP contribution is 2.33. The predicted molar refractivity (Wildman–Crippen MR) is 110 cm³/mol. The zero-order valence-electron chi connectivity index (χ0n) is 17.4. The standard InChI is InChI=1S/C19H25F3N6O2S/c1-13-3-4-14(2)28(13)12-9-26-7-10-27(11-8-26)16(30)6-5-15(29)23-18-25-24-17(31-18)19(20,21)22/h3-4H,5-12H2,1-2H3,(H,23,25,29). The van der Waals surface area contributed by atoms with Crippen LogP contribution in [0.15, 0.2) is 12.1 Å². The highest BCUT2D eigenvalue weighted by atomic mass is 32.1. The number of rotatable bonds is 7. The molecule has 0 aliphatic carbocycles. The number of carbonyl (C=O) groups is 2. The molecule has 2 amide bonds. The third-order valence-corrected chi connectivity index (χ3v) is 6.15. The van der Waals surface area contributed by atoms with E-state index in [1.165, 1.54) is 11.4 Å². The highest BCUT2D eigenvalue weighted by Gasteiger charge is 2.35. The smallest absolute Gasteiger partial charge is 0.348 e. The summed E-state index contributed by atoms with van der Waals surface area (Å²) in [4.78, 5) is 28.3. The maximum Gasteiger partial charge on any atom is 0.445 e. The second kappa shape index (κ2) is 9.77. The fourth-order valence-corrected chi connectivity index (χ4v) is 4.09. The van der Waals surface area contributed by atoms with Gasteiger partial charge in [-0.25, -0.2) is 0 Å². The van der Waals surface area contributed by atoms with E-state index in [2.05, 4.69) is 51.0 Å². The van der Waals surface area contributed by atoms with E-state index in [-0.39, 0.29) is 35.2 Å². The highest BCUT2D eigenvalue weighted by molar-refractivity contribution is 7.15. The van der Waals surface area contributed by atoms with Crippen LogP contribution in [-0.2, 0) is 22.3 Å². The first kappa shape index (κ1) is 23.2. The summed E-state index contributed by atoms with van der Waals surface area (Å²) in [6, 6.07) is 4.20. The van der Waals surface area contributed by atoms with Crippen molar-refractivity contribution in [1.29, 1.82) is 0 Å². The molecular formula is C19H25F3N6O2S. The van der Waals surface area contributed by atoms with Crippen molar-refractivity contribution in [2.24, 2.45) is 0 Å². The minimum atomic E-state index is -4.60. The minimum absolute atomic E-state index is 0.00147. The third kappa shape index (κ3) is 6.26. The van der Waals surface area contributed by atoms with E-state index >= 15 is 0 Å². The van der Waals surface area contributed by atoms with E-state index in [1.54, 1.807) is 4.90 Å². The maximum atomic E-state index is 12.5. The summed E-state index contributed by atoms with van der Waals surface area (Å²) in [7, 11) is 0. The van der Waals surface area contributed by atoms with E-state index in [4.69, 9.17) is 0 Å². The van der Waals surface area contributed by atoms with Crippen LogP contribution in [0.5, 0.6) is 0 Å². The Morgan fingerprint density at radius 1 is 1.03 bits per heavy atom. The van der Waals surface area contributed by atoms with Gasteiger partial charge < -0.3 is 14.8 Å². The second-order valence-electron chi connectivity index (χ2n) is 7.45. The van der Waals surface area contributed by atoms with Crippen molar-refractivity contribution in [2.45, 2.75) is 39.4 Å². The van der Waals surface area contributed by atoms with E-state index in [9.17, 15) is 22.8 Å². The largest absolute Gasteiger partial charge is 0.445 e. The topological polar surface area (TPSA) is 83.4 Å². The van der Waals surface area contributed by atoms with Crippen LogP contribution in [0.25, 0.3) is 0 Å². The molecule has 1 saturated heterocycles. The lowest BCUT2D eigenvalue weighted by Crippen LogP contribution is -2.49. The number of carbonyl (C=O) groups excluding carboxylic acids is 2. The van der Waals surface area contributed by atoms with Crippen LogP contribution in [-0.4, -0.2) is 69.1 Å². The van der Waals surface area contributed by atoms with Crippen LogP contribution >= 0.6 is 11.3 Å². The third-order valence-electron chi connectivity index (χ3n) is 5.26. The van der Waals surface area contributed by atoms with Gasteiger partial charge in [-0.05, 0) is 26.0 Å². The summed E-state index contributed by atoms with van der Waals surface area (Å²) in [6.45, 7) is 8.69. The van der Waals surface area contributed by atoms with Crippen molar-refractivity contribution in [3.8, 4) is 0 Å². The van der Waals surface area contributed by atoms with Crippen LogP contribution in [0.4, 0.5) is 18.3 Å². The van der Waals surface area contributed by atoms with Crippen molar-refractivity contribution >= 4 is 28.3 Å². The van der Waals surface area contributed by atoms with Crippen molar-refractivity contribution in [1.82, 2.24) is 24.6 Å². The molecule has 0 spiro atoms. The molecule has 0 saturated carbocycles. The van der Waals surface area contributed by atoms with Gasteiger partial charge in [-0.1, -0.05) is 11.3 Å². The summed E-state index contributed by atoms with van der Waals surface area (Å²) in [5.41, 5.74) is 2.46. The molecule has 1 aliphatic rings. The summed E-state index contributed by atoms with van der Waals surface area (Å²) in [5, 5.41) is 7.22. The molecule has 2 aromatic rings. The molecular weight excluding hydrogens is 433 g/mol. The summed E-state index contributed by atoms with van der Waals surface area (Å²) in [5.74, 6) is -0.700. The number of halogens is 3. The summed E-state index contributed by atoms with van der Waals surface area (Å²) in [6.07, 6.45) is -4.72. The number of aryl methyl sites for hydroxylation is 2. The van der Waals surface area contributed by atoms with Gasteiger partial charge in [0.15, 0.2) is 0 Å². The van der Waals surface area contributed by atoms with Gasteiger partial charge in [0, 0.05) is 63.5 Å². The molecule has 1 aliphatic heterocycles. The van der Waals surface area contributed by atoms with E-state index in [0.29, 0.717) is 13.1 Å². The molecule has 31 heavy (non-hydrogen) atoms. The number of amides is 2. The zero-order valence-corrected chi connectivity index (χ0v) is 18.2. The van der Waals surface area contributed by atoms with Gasteiger partial charge in [0.2, 0.25) is 22.0 Å². The summed E-state index contributed by atoms with van der Waals surface area (Å²) < 4.78 is 39.8. The Morgan fingerprint density at radius 2 is 1.68 bits per heavy atom. The molecule has 1 fully saturated rings. The Kier molecular flexibility index (Phi) is 7.31. The fourth-order valence-electron chi connectivity index (χ4n) is 3.46. The molecule has 2 aromatic heterocycles. The minimum Gasteiger partial charge on any atom is -0.348 e. The Hall–Kier alpha value is -2.47. The molecule has 0 aromatic carbocycles. The summed E-state index contributed by atoms with van der Waals surface area (Å²) >= 11 is 0.254. The molecule has 0 bridgehead atoms. The van der Waals surface area contributed by atoms with Gasteiger partial charge in [0.1, 0.15) is 0 Å². The molecule has 0 unspecified atom stereocenters. The SMILES string of the molecule is Cc1ccc(C)n1CCN1CCN(C(=O)CCC(=O)Nc2nnc(C(F)(F)F)s2)CC1. The van der Waals surface area contributed by atoms with Gasteiger partial charge in [-0.15, -0.1) is 10.2 Å². The average molecular weight is 459 g/mol. The number of piperazine rings is 1. The van der Waals surface area contributed by atoms with Gasteiger partial charge in [-0.3, -0.25) is 14.5 Å². The first-order valence-corrected chi connectivity index (χ1v) is 10.8. The Morgan fingerprint density at radius 3 is 2.26 bits per heavy atom. The number of alkyl halides is 3. The van der Waals surface area contributed by atoms with E-state index in [0.717, 1.165) is 26.2 Å². The average Bonchev–Trinajstić information content (AvgIpc) is 3.31. The number of hydrogen-bond donors (Lipinski definition) is 1. The molecule has 1 N–H and O–H groups in total. The van der Waals surface area contributed by atoms with Crippen LogP contribution in [0.3, 0.4) is 0 Å². The van der Waals surface area contributed by atoms with Crippen molar-refractivity contribution in [3.63, 3.8) is 0 Å². The Bertz CT molecular complexity index is 899. The molecule has 12 heteroatoms. The number of nitrogens with one attached hydrogen (secondary N) is 1. The number of hydrogen-bond acceptors (Lipinski definition) is 6. The number of anilines is 1. The number of aromatic nitrogens is 3. The molecule has 0 radical (unpaired) electrons.